The van der Waals surface area contributed by atoms with Crippen molar-refractivity contribution in [3.05, 3.63) is 85.1 Å². The van der Waals surface area contributed by atoms with E-state index in [-0.39, 0.29) is 25.9 Å². The van der Waals surface area contributed by atoms with Gasteiger partial charge in [0.2, 0.25) is 0 Å². The second-order valence-electron chi connectivity index (χ2n) is 20.6. The summed E-state index contributed by atoms with van der Waals surface area (Å²) in [7, 11) is 0. The Kier molecular flexibility index (Phi) is 48.4. The minimum Gasteiger partial charge on any atom is -0.479 e. The number of aliphatic hydroxyl groups excluding tert-OH is 2. The van der Waals surface area contributed by atoms with Crippen LogP contribution in [0.2, 0.25) is 0 Å². The van der Waals surface area contributed by atoms with Gasteiger partial charge in [-0.15, -0.1) is 0 Å². The minimum absolute atomic E-state index is 0.0338. The molecule has 1 aliphatic rings. The molecule has 1 heterocycles. The monoisotopic (exact) mass is 1080 g/mol. The maximum absolute atomic E-state index is 13.1. The molecule has 1 rings (SSSR count). The Morgan fingerprint density at radius 2 is 0.844 bits per heavy atom. The zero-order chi connectivity index (χ0) is 56.1. The van der Waals surface area contributed by atoms with Gasteiger partial charge in [-0.25, -0.2) is 4.79 Å². The number of hydrogen-bond acceptors (Lipinski definition) is 11. The molecule has 440 valence electrons. The normalized spacial score (nSPS) is 18.6. The molecule has 0 radical (unpaired) electrons. The third kappa shape index (κ3) is 42.5. The Morgan fingerprint density at radius 3 is 1.34 bits per heavy atom. The van der Waals surface area contributed by atoms with Crippen LogP contribution in [-0.2, 0) is 42.9 Å². The molecule has 6 atom stereocenters. The van der Waals surface area contributed by atoms with Crippen LogP contribution in [-0.4, -0.2) is 89.2 Å². The third-order valence-electron chi connectivity index (χ3n) is 13.4. The fourth-order valence-corrected chi connectivity index (χ4v) is 8.76. The van der Waals surface area contributed by atoms with Crippen LogP contribution in [0.25, 0.3) is 0 Å². The molecule has 0 aliphatic carbocycles. The smallest absolute Gasteiger partial charge is 0.335 e. The number of carboxylic acid groups (broad SMARTS) is 1. The van der Waals surface area contributed by atoms with Crippen LogP contribution in [0.4, 0.5) is 0 Å². The Labute approximate surface area is 467 Å². The summed E-state index contributed by atoms with van der Waals surface area (Å²) >= 11 is 0. The number of allylic oxidation sites excluding steroid dienone is 14. The quantitative estimate of drug-likeness (QED) is 0.0228. The summed E-state index contributed by atoms with van der Waals surface area (Å²) < 4.78 is 28.3. The zero-order valence-electron chi connectivity index (χ0n) is 48.4. The molecular formula is C65H108O12. The summed E-state index contributed by atoms with van der Waals surface area (Å²) in [4.78, 5) is 51.1. The highest BCUT2D eigenvalue weighted by atomic mass is 16.7. The van der Waals surface area contributed by atoms with Gasteiger partial charge in [0.1, 0.15) is 18.8 Å². The van der Waals surface area contributed by atoms with Gasteiger partial charge in [0.15, 0.2) is 24.6 Å². The van der Waals surface area contributed by atoms with E-state index in [0.717, 1.165) is 83.5 Å². The third-order valence-corrected chi connectivity index (χ3v) is 13.4. The zero-order valence-corrected chi connectivity index (χ0v) is 48.4. The molecule has 3 N–H and O–H groups in total. The standard InChI is InChI=1S/C65H108O12/c1-4-7-10-13-16-19-22-25-27-28-29-30-32-34-36-39-42-45-48-51-57(66)73-54-56(75-58(67)52-49-46-43-40-37-33-24-21-18-15-12-9-6-3)55-74-65-63(61(70)60(69)62(77-65)64(71)72)76-59(68)53-50-47-44-41-38-35-31-26-23-20-17-14-11-8-5-2/h9,12,17-18,20-21,25-27,31,33,37,43,46,56,60-63,65,69-70H,4-8,10-11,13-16,19,22-24,28-30,32,34-36,38-42,44-45,47-55H2,1-3H3,(H,71,72)/b12-9-,20-17-,21-18-,27-25-,31-26-,37-33-,46-43-. The van der Waals surface area contributed by atoms with Gasteiger partial charge in [-0.1, -0.05) is 215 Å². The summed E-state index contributed by atoms with van der Waals surface area (Å²) in [6.45, 7) is 5.78. The SMILES string of the molecule is CC/C=C\C/C=C\C/C=C\C/C=C\CCC(=O)OC(COC(=O)CCCCCCCCCCC/C=C\CCCCCCCC)COC1OC(C(=O)O)C(O)C(O)C1OC(=O)CCCCCCC/C=C\C/C=C\CCCCC. The Hall–Kier alpha value is -4.10. The van der Waals surface area contributed by atoms with Gasteiger partial charge in [-0.05, 0) is 103 Å². The van der Waals surface area contributed by atoms with Gasteiger partial charge in [-0.3, -0.25) is 14.4 Å². The number of carboxylic acids is 1. The van der Waals surface area contributed by atoms with Crippen LogP contribution in [0.3, 0.4) is 0 Å². The lowest BCUT2D eigenvalue weighted by Crippen LogP contribution is -2.61. The number of aliphatic carboxylic acids is 1. The summed E-state index contributed by atoms with van der Waals surface area (Å²) in [5.41, 5.74) is 0. The first-order valence-corrected chi connectivity index (χ1v) is 30.6. The van der Waals surface area contributed by atoms with Crippen molar-refractivity contribution < 1.29 is 58.2 Å². The van der Waals surface area contributed by atoms with Crippen molar-refractivity contribution >= 4 is 23.9 Å². The van der Waals surface area contributed by atoms with E-state index in [1.807, 2.05) is 12.2 Å². The average Bonchev–Trinajstić information content (AvgIpc) is 3.42. The van der Waals surface area contributed by atoms with E-state index >= 15 is 0 Å². The first-order valence-electron chi connectivity index (χ1n) is 30.6. The van der Waals surface area contributed by atoms with Crippen LogP contribution in [0, 0.1) is 0 Å². The molecule has 77 heavy (non-hydrogen) atoms. The fraction of sp³-hybridized carbons (Fsp3) is 0.723. The molecule has 0 spiro atoms. The van der Waals surface area contributed by atoms with Gasteiger partial charge in [0.25, 0.3) is 0 Å². The van der Waals surface area contributed by atoms with Crippen molar-refractivity contribution in [1.82, 2.24) is 0 Å². The topological polar surface area (TPSA) is 175 Å². The predicted molar refractivity (Wildman–Crippen MR) is 312 cm³/mol. The molecule has 6 unspecified atom stereocenters. The number of unbranched alkanes of at least 4 members (excludes halogenated alkanes) is 23. The van der Waals surface area contributed by atoms with Crippen LogP contribution in [0.15, 0.2) is 85.1 Å². The first kappa shape index (κ1) is 70.9. The highest BCUT2D eigenvalue weighted by Gasteiger charge is 2.50. The van der Waals surface area contributed by atoms with Gasteiger partial charge in [0, 0.05) is 19.3 Å². The molecular weight excluding hydrogens is 973 g/mol. The van der Waals surface area contributed by atoms with Crippen molar-refractivity contribution in [2.45, 2.75) is 289 Å². The minimum atomic E-state index is -1.92. The molecule has 0 bridgehead atoms. The average molecular weight is 1080 g/mol. The second-order valence-corrected chi connectivity index (χ2v) is 20.6. The van der Waals surface area contributed by atoms with Crippen molar-refractivity contribution in [2.24, 2.45) is 0 Å². The molecule has 12 heteroatoms. The molecule has 1 fully saturated rings. The molecule has 0 aromatic carbocycles. The second kappa shape index (κ2) is 52.6. The summed E-state index contributed by atoms with van der Waals surface area (Å²) in [5.74, 6) is -3.25. The van der Waals surface area contributed by atoms with Crippen LogP contribution < -0.4 is 0 Å². The van der Waals surface area contributed by atoms with E-state index in [1.165, 1.54) is 103 Å². The molecule has 0 aromatic rings. The Balaban J connectivity index is 2.70. The van der Waals surface area contributed by atoms with Gasteiger partial charge in [0.05, 0.1) is 6.61 Å². The van der Waals surface area contributed by atoms with Crippen molar-refractivity contribution in [2.75, 3.05) is 13.2 Å². The molecule has 1 aliphatic heterocycles. The highest BCUT2D eigenvalue weighted by Crippen LogP contribution is 2.26. The molecule has 12 nitrogen and oxygen atoms in total. The number of carbonyl (C=O) groups excluding carboxylic acids is 3. The molecule has 1 saturated heterocycles. The summed E-state index contributed by atoms with van der Waals surface area (Å²) in [6.07, 6.45) is 55.7. The molecule has 0 amide bonds. The van der Waals surface area contributed by atoms with Crippen molar-refractivity contribution in [1.29, 1.82) is 0 Å². The Bertz CT molecular complexity index is 1660. The number of carbonyl (C=O) groups is 4. The summed E-state index contributed by atoms with van der Waals surface area (Å²) in [6, 6.07) is 0. The van der Waals surface area contributed by atoms with Crippen molar-refractivity contribution in [3.63, 3.8) is 0 Å². The van der Waals surface area contributed by atoms with E-state index in [1.54, 1.807) is 0 Å². The van der Waals surface area contributed by atoms with Crippen LogP contribution in [0.5, 0.6) is 0 Å². The van der Waals surface area contributed by atoms with E-state index in [4.69, 9.17) is 23.7 Å². The van der Waals surface area contributed by atoms with Crippen LogP contribution in [0.1, 0.15) is 252 Å². The number of esters is 3. The predicted octanol–water partition coefficient (Wildman–Crippen LogP) is 15.9. The highest BCUT2D eigenvalue weighted by molar-refractivity contribution is 5.74. The lowest BCUT2D eigenvalue weighted by Gasteiger charge is -2.40. The van der Waals surface area contributed by atoms with E-state index < -0.39 is 67.3 Å². The molecule has 0 saturated carbocycles. The largest absolute Gasteiger partial charge is 0.479 e. The number of aliphatic hydroxyl groups is 2. The van der Waals surface area contributed by atoms with E-state index in [2.05, 4.69) is 93.7 Å². The van der Waals surface area contributed by atoms with Gasteiger partial charge >= 0.3 is 23.9 Å². The maximum Gasteiger partial charge on any atom is 0.335 e. The maximum atomic E-state index is 13.1. The van der Waals surface area contributed by atoms with Crippen molar-refractivity contribution in [3.8, 4) is 0 Å². The lowest BCUT2D eigenvalue weighted by molar-refractivity contribution is -0.301. The number of hydrogen-bond donors (Lipinski definition) is 3. The molecule has 0 aromatic heterocycles. The number of ether oxygens (including phenoxy) is 5. The lowest BCUT2D eigenvalue weighted by atomic mass is 9.98. The van der Waals surface area contributed by atoms with Gasteiger partial charge < -0.3 is 39.0 Å². The Morgan fingerprint density at radius 1 is 0.442 bits per heavy atom. The van der Waals surface area contributed by atoms with E-state index in [9.17, 15) is 34.5 Å². The number of rotatable bonds is 51. The van der Waals surface area contributed by atoms with Crippen LogP contribution >= 0.6 is 0 Å². The van der Waals surface area contributed by atoms with Gasteiger partial charge in [-0.2, -0.15) is 0 Å². The fourth-order valence-electron chi connectivity index (χ4n) is 8.76. The summed E-state index contributed by atoms with van der Waals surface area (Å²) in [5, 5.41) is 31.5. The first-order chi connectivity index (χ1) is 37.6. The van der Waals surface area contributed by atoms with E-state index in [0.29, 0.717) is 25.7 Å².